The van der Waals surface area contributed by atoms with Crippen molar-refractivity contribution < 1.29 is 50.7 Å². The molecule has 0 N–H and O–H groups in total. The first kappa shape index (κ1) is 22.6. The Kier molecular flexibility index (Phi) is 10.8. The molecule has 0 amide bonds. The molecule has 1 fully saturated rings. The van der Waals surface area contributed by atoms with Crippen molar-refractivity contribution in [2.24, 2.45) is 0 Å². The molecule has 5 heteroatoms. The number of benzene rings is 1. The second-order valence-corrected chi connectivity index (χ2v) is 11.9. The fraction of sp³-hybridized carbons (Fsp3) is 0.235. The molecule has 4 rings (SSSR count). The molecule has 0 nitrogen and oxygen atoms in total. The van der Waals surface area contributed by atoms with Crippen molar-refractivity contribution >= 4 is 26.0 Å². The van der Waals surface area contributed by atoms with Crippen molar-refractivity contribution in [2.75, 3.05) is 19.5 Å². The molecule has 0 aromatic heterocycles. The maximum atomic E-state index is 3.47. The number of fused-ring (bicyclic) bond motifs is 2. The zero-order chi connectivity index (χ0) is 13.2. The third-order valence-electron chi connectivity index (χ3n) is 3.70. The summed E-state index contributed by atoms with van der Waals surface area (Å²) in [7, 11) is 0.573. The largest absolute Gasteiger partial charge is 4.00 e. The van der Waals surface area contributed by atoms with Crippen LogP contribution in [-0.4, -0.2) is 19.5 Å². The summed E-state index contributed by atoms with van der Waals surface area (Å²) in [5.41, 5.74) is 1.64. The molecule has 22 heavy (non-hydrogen) atoms. The smallest absolute Gasteiger partial charge is 1.00 e. The van der Waals surface area contributed by atoms with Gasteiger partial charge in [0, 0.05) is 0 Å². The Labute approximate surface area is 167 Å². The zero-order valence-electron chi connectivity index (χ0n) is 12.7. The van der Waals surface area contributed by atoms with Crippen molar-refractivity contribution in [3.63, 3.8) is 0 Å². The van der Waals surface area contributed by atoms with Crippen LogP contribution in [0, 0.1) is 6.08 Å². The Morgan fingerprint density at radius 1 is 1.09 bits per heavy atom. The Morgan fingerprint density at radius 3 is 2.50 bits per heavy atom. The van der Waals surface area contributed by atoms with Gasteiger partial charge in [0.1, 0.15) is 0 Å². The van der Waals surface area contributed by atoms with E-state index in [4.69, 9.17) is 0 Å². The van der Waals surface area contributed by atoms with Crippen LogP contribution >= 0.6 is 15.2 Å². The Bertz CT molecular complexity index is 619. The van der Waals surface area contributed by atoms with Crippen molar-refractivity contribution in [3.05, 3.63) is 65.5 Å². The van der Waals surface area contributed by atoms with Crippen molar-refractivity contribution in [1.29, 1.82) is 0 Å². The summed E-state index contributed by atoms with van der Waals surface area (Å²) >= 11 is 0. The Hall–Kier alpha value is 0.620. The first-order chi connectivity index (χ1) is 9.25. The van der Waals surface area contributed by atoms with Gasteiger partial charge in [0.25, 0.3) is 0 Å². The number of hydrogen-bond acceptors (Lipinski definition) is 0. The summed E-state index contributed by atoms with van der Waals surface area (Å²) < 4.78 is 0. The Morgan fingerprint density at radius 2 is 1.82 bits per heavy atom. The fourth-order valence-electron chi connectivity index (χ4n) is 2.54. The number of halogens is 2. The van der Waals surface area contributed by atoms with E-state index in [0.717, 1.165) is 6.42 Å². The topological polar surface area (TPSA) is 0 Å². The molecular formula is C17H18Cl2HfP2. The van der Waals surface area contributed by atoms with Gasteiger partial charge >= 0.3 is 25.8 Å². The molecule has 1 heterocycles. The summed E-state index contributed by atoms with van der Waals surface area (Å²) in [4.78, 5) is 0. The summed E-state index contributed by atoms with van der Waals surface area (Å²) in [6, 6.07) is 14.7. The van der Waals surface area contributed by atoms with Gasteiger partial charge in [0.05, 0.1) is 0 Å². The van der Waals surface area contributed by atoms with Gasteiger partial charge in [0.2, 0.25) is 0 Å². The SMILES string of the molecule is CP1CC2=CC[C-]=C2P1C.[Cl-].[Cl-].[Hf+4].c1ccc2[cH-]ccc2c1. The minimum absolute atomic E-state index is 0. The molecule has 1 saturated heterocycles. The first-order valence-corrected chi connectivity index (χ1v) is 11.1. The van der Waals surface area contributed by atoms with Gasteiger partial charge in [-0.2, -0.15) is 34.5 Å². The number of rotatable bonds is 0. The Balaban J connectivity index is 0.000000354. The summed E-state index contributed by atoms with van der Waals surface area (Å²) in [6.45, 7) is 4.84. The standard InChI is InChI=1S/C9H7.C8H11P2.2ClH.Hf/c1-2-5-9-7-3-6-8(9)4-1;1-9-6-7-4-3-5-8(7)10(9)2;;;/h1-7H;4H,3,6H2,1-2H3;2*1H;/q2*-1;;;+4/p-2. The van der Waals surface area contributed by atoms with Crippen molar-refractivity contribution in [3.8, 4) is 0 Å². The molecule has 114 valence electrons. The quantitative estimate of drug-likeness (QED) is 0.248. The van der Waals surface area contributed by atoms with Gasteiger partial charge in [-0.15, -0.1) is 36.1 Å². The molecule has 2 atom stereocenters. The molecule has 0 bridgehead atoms. The van der Waals surface area contributed by atoms with Gasteiger partial charge < -0.3 is 24.8 Å². The average molecular weight is 534 g/mol. The third kappa shape index (κ3) is 5.06. The van der Waals surface area contributed by atoms with Crippen molar-refractivity contribution in [2.45, 2.75) is 6.42 Å². The van der Waals surface area contributed by atoms with E-state index in [-0.39, 0.29) is 58.3 Å². The van der Waals surface area contributed by atoms with Gasteiger partial charge in [-0.05, 0) is 13.3 Å². The van der Waals surface area contributed by atoms with E-state index >= 15 is 0 Å². The molecule has 0 spiro atoms. The van der Waals surface area contributed by atoms with Crippen LogP contribution in [0.25, 0.3) is 10.8 Å². The minimum Gasteiger partial charge on any atom is -1.00 e. The van der Waals surface area contributed by atoms with E-state index in [0.29, 0.717) is 7.61 Å². The van der Waals surface area contributed by atoms with E-state index in [9.17, 15) is 0 Å². The molecule has 2 aliphatic rings. The zero-order valence-corrected chi connectivity index (χ0v) is 19.6. The number of hydrogen-bond donors (Lipinski definition) is 0. The van der Waals surface area contributed by atoms with Gasteiger partial charge in [-0.25, -0.2) is 0 Å². The van der Waals surface area contributed by atoms with E-state index in [1.165, 1.54) is 16.9 Å². The van der Waals surface area contributed by atoms with Crippen LogP contribution in [0.15, 0.2) is 59.4 Å². The molecule has 2 unspecified atom stereocenters. The second-order valence-electron chi connectivity index (χ2n) is 4.95. The van der Waals surface area contributed by atoms with Crippen LogP contribution in [0.4, 0.5) is 0 Å². The van der Waals surface area contributed by atoms with Gasteiger partial charge in [-0.1, -0.05) is 27.4 Å². The van der Waals surface area contributed by atoms with Crippen LogP contribution in [0.5, 0.6) is 0 Å². The summed E-state index contributed by atoms with van der Waals surface area (Å²) in [5.74, 6) is 0. The van der Waals surface area contributed by atoms with Crippen LogP contribution in [0.1, 0.15) is 6.42 Å². The van der Waals surface area contributed by atoms with Crippen LogP contribution < -0.4 is 24.8 Å². The van der Waals surface area contributed by atoms with Gasteiger partial charge in [-0.3, -0.25) is 6.08 Å². The monoisotopic (exact) mass is 534 g/mol. The molecular weight excluding hydrogens is 516 g/mol. The third-order valence-corrected chi connectivity index (χ3v) is 10.7. The average Bonchev–Trinajstić information content (AvgIpc) is 3.10. The van der Waals surface area contributed by atoms with E-state index in [2.05, 4.69) is 67.9 Å². The maximum absolute atomic E-state index is 3.47. The van der Waals surface area contributed by atoms with Crippen molar-refractivity contribution in [1.82, 2.24) is 0 Å². The predicted octanol–water partition coefficient (Wildman–Crippen LogP) is -0.280. The molecule has 2 aromatic rings. The molecule has 0 saturated carbocycles. The minimum atomic E-state index is 0. The van der Waals surface area contributed by atoms with Crippen LogP contribution in [-0.2, 0) is 25.8 Å². The predicted molar refractivity (Wildman–Crippen MR) is 89.6 cm³/mol. The van der Waals surface area contributed by atoms with E-state index < -0.39 is 0 Å². The second kappa shape index (κ2) is 10.5. The summed E-state index contributed by atoms with van der Waals surface area (Å²) in [5, 5.41) is 4.28. The normalized spacial score (nSPS) is 21.2. The van der Waals surface area contributed by atoms with Gasteiger partial charge in [0.15, 0.2) is 0 Å². The molecule has 1 aliphatic carbocycles. The van der Waals surface area contributed by atoms with Crippen LogP contribution in [0.3, 0.4) is 0 Å². The van der Waals surface area contributed by atoms with E-state index in [1.807, 2.05) is 0 Å². The fourth-order valence-corrected chi connectivity index (χ4v) is 7.62. The summed E-state index contributed by atoms with van der Waals surface area (Å²) in [6.07, 6.45) is 8.32. The molecule has 1 aliphatic heterocycles. The molecule has 0 radical (unpaired) electrons. The van der Waals surface area contributed by atoms with Crippen LogP contribution in [0.2, 0.25) is 0 Å². The van der Waals surface area contributed by atoms with E-state index in [1.54, 1.807) is 10.9 Å². The number of allylic oxidation sites excluding steroid dienone is 4. The maximum Gasteiger partial charge on any atom is 4.00 e. The first-order valence-electron chi connectivity index (χ1n) is 6.61. The molecule has 2 aromatic carbocycles.